The molecule has 0 N–H and O–H groups in total. The fourth-order valence-electron chi connectivity index (χ4n) is 4.22. The van der Waals surface area contributed by atoms with Crippen molar-refractivity contribution in [3.63, 3.8) is 0 Å². The van der Waals surface area contributed by atoms with Gasteiger partial charge in [0.1, 0.15) is 0 Å². The summed E-state index contributed by atoms with van der Waals surface area (Å²) >= 11 is 0. The van der Waals surface area contributed by atoms with Crippen LogP contribution in [0, 0.1) is 0 Å². The van der Waals surface area contributed by atoms with Crippen molar-refractivity contribution in [2.75, 3.05) is 26.2 Å². The summed E-state index contributed by atoms with van der Waals surface area (Å²) < 4.78 is 0. The number of benzene rings is 2. The van der Waals surface area contributed by atoms with Gasteiger partial charge in [0.25, 0.3) is 0 Å². The highest BCUT2D eigenvalue weighted by Crippen LogP contribution is 2.25. The topological polar surface area (TPSA) is 6.48 Å². The predicted octanol–water partition coefficient (Wildman–Crippen LogP) is 3.90. The zero-order valence-electron chi connectivity index (χ0n) is 13.4. The predicted molar refractivity (Wildman–Crippen MR) is 93.1 cm³/mol. The second kappa shape index (κ2) is 6.39. The number of hydrogen-bond donors (Lipinski definition) is 0. The molecular formula is C20H26N2. The Balaban J connectivity index is 1.51. The fraction of sp³-hybridized carbons (Fsp3) is 0.500. The Bertz CT molecular complexity index is 625. The van der Waals surface area contributed by atoms with E-state index in [1.165, 1.54) is 68.2 Å². The first-order valence-corrected chi connectivity index (χ1v) is 8.83. The maximum Gasteiger partial charge on any atom is 0.0243 e. The molecule has 0 spiro atoms. The van der Waals surface area contributed by atoms with Crippen LogP contribution in [0.15, 0.2) is 42.5 Å². The second-order valence-corrected chi connectivity index (χ2v) is 6.91. The molecule has 116 valence electrons. The molecule has 22 heavy (non-hydrogen) atoms. The number of likely N-dealkylation sites (tertiary alicyclic amines) is 2. The molecular weight excluding hydrogens is 268 g/mol. The van der Waals surface area contributed by atoms with Crippen LogP contribution in [-0.2, 0) is 6.54 Å². The van der Waals surface area contributed by atoms with Crippen LogP contribution in [0.2, 0.25) is 0 Å². The maximum absolute atomic E-state index is 2.72. The quantitative estimate of drug-likeness (QED) is 0.844. The average Bonchev–Trinajstić information content (AvgIpc) is 3.21. The first-order chi connectivity index (χ1) is 10.9. The van der Waals surface area contributed by atoms with Gasteiger partial charge in [-0.2, -0.15) is 0 Å². The molecule has 2 aromatic carbocycles. The zero-order chi connectivity index (χ0) is 14.8. The van der Waals surface area contributed by atoms with Crippen LogP contribution in [0.25, 0.3) is 10.8 Å². The Labute approximate surface area is 133 Å². The minimum atomic E-state index is 0.761. The van der Waals surface area contributed by atoms with Crippen molar-refractivity contribution in [2.45, 2.75) is 38.3 Å². The van der Waals surface area contributed by atoms with Gasteiger partial charge in [-0.1, -0.05) is 42.5 Å². The van der Waals surface area contributed by atoms with Crippen LogP contribution >= 0.6 is 0 Å². The maximum atomic E-state index is 2.72. The van der Waals surface area contributed by atoms with E-state index >= 15 is 0 Å². The lowest BCUT2D eigenvalue weighted by Crippen LogP contribution is -2.38. The lowest BCUT2D eigenvalue weighted by molar-refractivity contribution is 0.186. The SMILES string of the molecule is c1ccc2c(CN3CCCC3CN3CCCC3)cccc2c1. The highest BCUT2D eigenvalue weighted by atomic mass is 15.2. The minimum absolute atomic E-state index is 0.761. The third kappa shape index (κ3) is 2.90. The number of hydrogen-bond acceptors (Lipinski definition) is 2. The molecule has 2 nitrogen and oxygen atoms in total. The molecule has 0 radical (unpaired) electrons. The summed E-state index contributed by atoms with van der Waals surface area (Å²) in [5, 5.41) is 2.80. The smallest absolute Gasteiger partial charge is 0.0243 e. The van der Waals surface area contributed by atoms with E-state index in [9.17, 15) is 0 Å². The lowest BCUT2D eigenvalue weighted by Gasteiger charge is -2.28. The molecule has 0 bridgehead atoms. The number of fused-ring (bicyclic) bond motifs is 1. The highest BCUT2D eigenvalue weighted by molar-refractivity contribution is 5.85. The Morgan fingerprint density at radius 3 is 2.59 bits per heavy atom. The van der Waals surface area contributed by atoms with Gasteiger partial charge in [-0.25, -0.2) is 0 Å². The van der Waals surface area contributed by atoms with Gasteiger partial charge in [-0.05, 0) is 61.7 Å². The van der Waals surface area contributed by atoms with Gasteiger partial charge in [0.2, 0.25) is 0 Å². The Morgan fingerprint density at radius 1 is 0.864 bits per heavy atom. The summed E-state index contributed by atoms with van der Waals surface area (Å²) in [5.74, 6) is 0. The molecule has 0 saturated carbocycles. The summed E-state index contributed by atoms with van der Waals surface area (Å²) in [7, 11) is 0. The molecule has 1 atom stereocenters. The average molecular weight is 294 g/mol. The highest BCUT2D eigenvalue weighted by Gasteiger charge is 2.27. The molecule has 2 heteroatoms. The van der Waals surface area contributed by atoms with E-state index in [0.717, 1.165) is 12.6 Å². The number of rotatable bonds is 4. The standard InChI is InChI=1S/C20H26N2/c1-2-11-20-17(7-1)8-5-9-18(20)15-22-14-6-10-19(22)16-21-12-3-4-13-21/h1-2,5,7-9,11,19H,3-4,6,10,12-16H2. The van der Waals surface area contributed by atoms with Crippen molar-refractivity contribution < 1.29 is 0 Å². The molecule has 4 rings (SSSR count). The second-order valence-electron chi connectivity index (χ2n) is 6.91. The molecule has 2 saturated heterocycles. The van der Waals surface area contributed by atoms with Gasteiger partial charge < -0.3 is 4.90 Å². The molecule has 2 aromatic rings. The number of nitrogens with zero attached hydrogens (tertiary/aromatic N) is 2. The van der Waals surface area contributed by atoms with Crippen LogP contribution < -0.4 is 0 Å². The van der Waals surface area contributed by atoms with Gasteiger partial charge in [0.05, 0.1) is 0 Å². The van der Waals surface area contributed by atoms with E-state index in [4.69, 9.17) is 0 Å². The summed E-state index contributed by atoms with van der Waals surface area (Å²) in [5.41, 5.74) is 1.49. The molecule has 0 aliphatic carbocycles. The Kier molecular flexibility index (Phi) is 4.13. The largest absolute Gasteiger partial charge is 0.302 e. The van der Waals surface area contributed by atoms with Gasteiger partial charge in [-0.15, -0.1) is 0 Å². The van der Waals surface area contributed by atoms with Gasteiger partial charge in [0, 0.05) is 19.1 Å². The Morgan fingerprint density at radius 2 is 1.68 bits per heavy atom. The van der Waals surface area contributed by atoms with E-state index in [1.807, 2.05) is 0 Å². The molecule has 2 heterocycles. The molecule has 0 aromatic heterocycles. The van der Waals surface area contributed by atoms with Crippen molar-refractivity contribution in [1.82, 2.24) is 9.80 Å². The van der Waals surface area contributed by atoms with Crippen molar-refractivity contribution in [1.29, 1.82) is 0 Å². The van der Waals surface area contributed by atoms with Crippen LogP contribution in [0.5, 0.6) is 0 Å². The monoisotopic (exact) mass is 294 g/mol. The van der Waals surface area contributed by atoms with Crippen LogP contribution in [0.4, 0.5) is 0 Å². The summed E-state index contributed by atoms with van der Waals surface area (Å²) in [6, 6.07) is 16.3. The van der Waals surface area contributed by atoms with Gasteiger partial charge in [-0.3, -0.25) is 4.90 Å². The summed E-state index contributed by atoms with van der Waals surface area (Å²) in [6.45, 7) is 6.30. The third-order valence-corrected chi connectivity index (χ3v) is 5.42. The first-order valence-electron chi connectivity index (χ1n) is 8.83. The van der Waals surface area contributed by atoms with Crippen LogP contribution in [0.3, 0.4) is 0 Å². The molecule has 0 amide bonds. The van der Waals surface area contributed by atoms with Crippen molar-refractivity contribution in [3.05, 3.63) is 48.0 Å². The fourth-order valence-corrected chi connectivity index (χ4v) is 4.22. The molecule has 2 fully saturated rings. The van der Waals surface area contributed by atoms with E-state index in [1.54, 1.807) is 0 Å². The zero-order valence-corrected chi connectivity index (χ0v) is 13.4. The van der Waals surface area contributed by atoms with E-state index in [-0.39, 0.29) is 0 Å². The third-order valence-electron chi connectivity index (χ3n) is 5.42. The molecule has 2 aliphatic rings. The van der Waals surface area contributed by atoms with Crippen molar-refractivity contribution in [3.8, 4) is 0 Å². The van der Waals surface area contributed by atoms with E-state index in [0.29, 0.717) is 0 Å². The van der Waals surface area contributed by atoms with E-state index < -0.39 is 0 Å². The molecule has 2 aliphatic heterocycles. The summed E-state index contributed by atoms with van der Waals surface area (Å²) in [6.07, 6.45) is 5.54. The Hall–Kier alpha value is -1.38. The first kappa shape index (κ1) is 14.2. The van der Waals surface area contributed by atoms with Crippen LogP contribution in [-0.4, -0.2) is 42.0 Å². The van der Waals surface area contributed by atoms with Crippen molar-refractivity contribution in [2.24, 2.45) is 0 Å². The lowest BCUT2D eigenvalue weighted by atomic mass is 10.0. The summed E-state index contributed by atoms with van der Waals surface area (Å²) in [4.78, 5) is 5.40. The van der Waals surface area contributed by atoms with E-state index in [2.05, 4.69) is 52.3 Å². The normalized spacial score (nSPS) is 23.5. The van der Waals surface area contributed by atoms with Gasteiger partial charge in [0.15, 0.2) is 0 Å². The van der Waals surface area contributed by atoms with Crippen LogP contribution in [0.1, 0.15) is 31.2 Å². The minimum Gasteiger partial charge on any atom is -0.302 e. The molecule has 1 unspecified atom stereocenters. The van der Waals surface area contributed by atoms with Gasteiger partial charge >= 0.3 is 0 Å². The van der Waals surface area contributed by atoms with Crippen molar-refractivity contribution >= 4 is 10.8 Å².